The summed E-state index contributed by atoms with van der Waals surface area (Å²) in [6.45, 7) is 2.00. The number of alkyl halides is 1. The molecule has 0 nitrogen and oxygen atoms in total. The van der Waals surface area contributed by atoms with Crippen LogP contribution in [-0.2, 0) is 0 Å². The Balaban J connectivity index is 2.43. The van der Waals surface area contributed by atoms with E-state index in [4.69, 9.17) is 23.2 Å². The molecule has 0 amide bonds. The summed E-state index contributed by atoms with van der Waals surface area (Å²) in [6, 6.07) is 6.62. The summed E-state index contributed by atoms with van der Waals surface area (Å²) in [7, 11) is 0. The fraction of sp³-hybridized carbons (Fsp3) is 0.167. The topological polar surface area (TPSA) is 0 Å². The summed E-state index contributed by atoms with van der Waals surface area (Å²) in [5.41, 5.74) is 0.599. The van der Waals surface area contributed by atoms with Crippen LogP contribution in [0.2, 0.25) is 5.02 Å². The molecular weight excluding hydrogens is 346 g/mol. The van der Waals surface area contributed by atoms with Crippen LogP contribution in [0, 0.1) is 12.7 Å². The maximum atomic E-state index is 13.3. The van der Waals surface area contributed by atoms with Gasteiger partial charge in [0.2, 0.25) is 0 Å². The quantitative estimate of drug-likeness (QED) is 0.586. The van der Waals surface area contributed by atoms with Gasteiger partial charge in [0.15, 0.2) is 0 Å². The van der Waals surface area contributed by atoms with Crippen molar-refractivity contribution in [2.45, 2.75) is 12.3 Å². The van der Waals surface area contributed by atoms with Gasteiger partial charge in [-0.25, -0.2) is 4.39 Å². The summed E-state index contributed by atoms with van der Waals surface area (Å²) >= 11 is 17.3. The lowest BCUT2D eigenvalue weighted by Crippen LogP contribution is -1.93. The Morgan fingerprint density at radius 2 is 2.12 bits per heavy atom. The van der Waals surface area contributed by atoms with E-state index in [1.807, 2.05) is 13.0 Å². The number of hydrogen-bond acceptors (Lipinski definition) is 1. The Morgan fingerprint density at radius 1 is 1.41 bits per heavy atom. The van der Waals surface area contributed by atoms with Crippen molar-refractivity contribution in [1.82, 2.24) is 0 Å². The fourth-order valence-electron chi connectivity index (χ4n) is 1.48. The zero-order valence-corrected chi connectivity index (χ0v) is 12.7. The van der Waals surface area contributed by atoms with Crippen LogP contribution >= 0.6 is 50.5 Å². The number of halogens is 4. The van der Waals surface area contributed by atoms with Gasteiger partial charge in [0.1, 0.15) is 5.82 Å². The molecule has 0 bridgehead atoms. The molecule has 0 aliphatic carbocycles. The average Bonchev–Trinajstić information content (AvgIpc) is 2.62. The molecule has 0 fully saturated rings. The highest BCUT2D eigenvalue weighted by Crippen LogP contribution is 2.40. The molecule has 1 aromatic heterocycles. The van der Waals surface area contributed by atoms with Gasteiger partial charge >= 0.3 is 0 Å². The van der Waals surface area contributed by atoms with Gasteiger partial charge in [0, 0.05) is 14.2 Å². The third-order valence-corrected chi connectivity index (χ3v) is 5.58. The summed E-state index contributed by atoms with van der Waals surface area (Å²) in [5.74, 6) is -0.442. The van der Waals surface area contributed by atoms with Crippen molar-refractivity contribution in [3.05, 3.63) is 54.9 Å². The highest BCUT2D eigenvalue weighted by Gasteiger charge is 2.19. The maximum Gasteiger partial charge on any atom is 0.142 e. The predicted molar refractivity (Wildman–Crippen MR) is 75.9 cm³/mol. The van der Waals surface area contributed by atoms with Crippen LogP contribution in [-0.4, -0.2) is 0 Å². The molecule has 1 unspecified atom stereocenters. The van der Waals surface area contributed by atoms with Crippen molar-refractivity contribution in [1.29, 1.82) is 0 Å². The van der Waals surface area contributed by atoms with Crippen molar-refractivity contribution in [2.24, 2.45) is 0 Å². The van der Waals surface area contributed by atoms with Gasteiger partial charge in [-0.15, -0.1) is 22.9 Å². The van der Waals surface area contributed by atoms with E-state index in [1.165, 1.54) is 6.07 Å². The highest BCUT2D eigenvalue weighted by atomic mass is 79.9. The first kappa shape index (κ1) is 13.3. The van der Waals surface area contributed by atoms with E-state index < -0.39 is 11.2 Å². The van der Waals surface area contributed by atoms with Crippen molar-refractivity contribution < 1.29 is 4.39 Å². The van der Waals surface area contributed by atoms with Crippen molar-refractivity contribution in [3.63, 3.8) is 0 Å². The molecule has 0 saturated heterocycles. The number of thiophene rings is 1. The van der Waals surface area contributed by atoms with Crippen molar-refractivity contribution in [2.75, 3.05) is 0 Å². The fourth-order valence-corrected chi connectivity index (χ4v) is 3.70. The summed E-state index contributed by atoms with van der Waals surface area (Å²) in [4.78, 5) is 2.08. The van der Waals surface area contributed by atoms with Gasteiger partial charge in [-0.3, -0.25) is 0 Å². The second kappa shape index (κ2) is 5.27. The molecule has 0 N–H and O–H groups in total. The van der Waals surface area contributed by atoms with Crippen molar-refractivity contribution in [3.8, 4) is 0 Å². The number of hydrogen-bond donors (Lipinski definition) is 0. The minimum absolute atomic E-state index is 0.0923. The van der Waals surface area contributed by atoms with Crippen LogP contribution in [0.15, 0.2) is 28.7 Å². The molecule has 2 rings (SSSR count). The molecule has 0 saturated carbocycles. The Labute approximate surface area is 121 Å². The normalized spacial score (nSPS) is 12.8. The van der Waals surface area contributed by atoms with Crippen LogP contribution in [0.4, 0.5) is 4.39 Å². The van der Waals surface area contributed by atoms with Gasteiger partial charge in [-0.05, 0) is 40.5 Å². The molecule has 1 atom stereocenters. The van der Waals surface area contributed by atoms with E-state index in [0.29, 0.717) is 5.56 Å². The number of rotatable bonds is 2. The van der Waals surface area contributed by atoms with E-state index in [1.54, 1.807) is 23.5 Å². The Bertz CT molecular complexity index is 534. The molecule has 0 radical (unpaired) electrons. The lowest BCUT2D eigenvalue weighted by atomic mass is 10.1. The van der Waals surface area contributed by atoms with Gasteiger partial charge < -0.3 is 0 Å². The second-order valence-electron chi connectivity index (χ2n) is 3.56. The molecule has 2 aromatic rings. The SMILES string of the molecule is Cc1sc(C(Cl)c2cccc(F)c2Cl)cc1Br. The Morgan fingerprint density at radius 3 is 2.71 bits per heavy atom. The third kappa shape index (κ3) is 2.68. The highest BCUT2D eigenvalue weighted by molar-refractivity contribution is 9.10. The van der Waals surface area contributed by atoms with Crippen LogP contribution in [0.1, 0.15) is 20.7 Å². The first-order valence-corrected chi connectivity index (χ1v) is 7.27. The minimum atomic E-state index is -0.442. The molecule has 1 heterocycles. The molecule has 90 valence electrons. The van der Waals surface area contributed by atoms with Gasteiger partial charge in [-0.1, -0.05) is 23.7 Å². The summed E-state index contributed by atoms with van der Waals surface area (Å²) in [6.07, 6.45) is 0. The van der Waals surface area contributed by atoms with Crippen molar-refractivity contribution >= 4 is 50.5 Å². The van der Waals surface area contributed by atoms with E-state index in [0.717, 1.165) is 14.2 Å². The zero-order valence-electron chi connectivity index (χ0n) is 8.81. The van der Waals surface area contributed by atoms with E-state index in [9.17, 15) is 4.39 Å². The average molecular weight is 354 g/mol. The molecule has 0 spiro atoms. The smallest absolute Gasteiger partial charge is 0.142 e. The van der Waals surface area contributed by atoms with E-state index in [2.05, 4.69) is 15.9 Å². The summed E-state index contributed by atoms with van der Waals surface area (Å²) in [5, 5.41) is -0.331. The lowest BCUT2D eigenvalue weighted by Gasteiger charge is -2.10. The number of benzene rings is 1. The first-order valence-electron chi connectivity index (χ1n) is 4.84. The molecule has 0 aliphatic heterocycles. The van der Waals surface area contributed by atoms with E-state index in [-0.39, 0.29) is 5.02 Å². The van der Waals surface area contributed by atoms with Crippen LogP contribution in [0.25, 0.3) is 0 Å². The lowest BCUT2D eigenvalue weighted by molar-refractivity contribution is 0.626. The second-order valence-corrected chi connectivity index (χ2v) is 6.52. The van der Waals surface area contributed by atoms with E-state index >= 15 is 0 Å². The molecular formula is C12H8BrCl2FS. The van der Waals surface area contributed by atoms with Gasteiger partial charge in [0.05, 0.1) is 10.4 Å². The minimum Gasteiger partial charge on any atom is -0.205 e. The maximum absolute atomic E-state index is 13.3. The third-order valence-electron chi connectivity index (χ3n) is 2.38. The molecule has 5 heteroatoms. The van der Waals surface area contributed by atoms with Crippen LogP contribution in [0.3, 0.4) is 0 Å². The molecule has 1 aromatic carbocycles. The van der Waals surface area contributed by atoms with Crippen LogP contribution < -0.4 is 0 Å². The first-order chi connectivity index (χ1) is 8.00. The molecule has 17 heavy (non-hydrogen) atoms. The van der Waals surface area contributed by atoms with Gasteiger partial charge in [0.25, 0.3) is 0 Å². The summed E-state index contributed by atoms with van der Waals surface area (Å²) < 4.78 is 14.4. The Kier molecular flexibility index (Phi) is 4.14. The van der Waals surface area contributed by atoms with Gasteiger partial charge in [-0.2, -0.15) is 0 Å². The van der Waals surface area contributed by atoms with Crippen LogP contribution in [0.5, 0.6) is 0 Å². The Hall–Kier alpha value is -0.0900. The predicted octanol–water partition coefficient (Wildman–Crippen LogP) is 5.94. The monoisotopic (exact) mass is 352 g/mol. The largest absolute Gasteiger partial charge is 0.205 e. The zero-order chi connectivity index (χ0) is 12.6. The standard InChI is InChI=1S/C12H8BrCl2FS/c1-6-8(13)5-10(17-6)12(15)7-3-2-4-9(16)11(7)14/h2-5,12H,1H3. The molecule has 0 aliphatic rings. The number of aryl methyl sites for hydroxylation is 1.